The third-order valence-electron chi connectivity index (χ3n) is 4.70. The summed E-state index contributed by atoms with van der Waals surface area (Å²) in [6, 6.07) is 10.8. The van der Waals surface area contributed by atoms with Gasteiger partial charge in [-0.3, -0.25) is 0 Å². The lowest BCUT2D eigenvalue weighted by molar-refractivity contribution is 0.354. The van der Waals surface area contributed by atoms with Crippen molar-refractivity contribution in [2.24, 2.45) is 0 Å². The lowest BCUT2D eigenvalue weighted by Gasteiger charge is -2.15. The summed E-state index contributed by atoms with van der Waals surface area (Å²) < 4.78 is 38.4. The second-order valence-corrected chi connectivity index (χ2v) is 8.07. The lowest BCUT2D eigenvalue weighted by atomic mass is 10.0. The van der Waals surface area contributed by atoms with Crippen LogP contribution in [0, 0.1) is 6.92 Å². The summed E-state index contributed by atoms with van der Waals surface area (Å²) in [4.78, 5) is 0.295. The van der Waals surface area contributed by atoms with Crippen LogP contribution in [0.25, 0.3) is 0 Å². The topological polar surface area (TPSA) is 64.6 Å². The summed E-state index contributed by atoms with van der Waals surface area (Å²) in [5.41, 5.74) is 3.35. The van der Waals surface area contributed by atoms with Crippen LogP contribution in [0.4, 0.5) is 0 Å². The van der Waals surface area contributed by atoms with Crippen LogP contribution in [0.3, 0.4) is 0 Å². The van der Waals surface area contributed by atoms with Gasteiger partial charge < -0.3 is 9.47 Å². The lowest BCUT2D eigenvalue weighted by Crippen LogP contribution is -2.28. The van der Waals surface area contributed by atoms with Crippen LogP contribution in [-0.4, -0.2) is 29.2 Å². The number of hydrogen-bond acceptors (Lipinski definition) is 4. The minimum absolute atomic E-state index is 0.134. The Labute approximate surface area is 149 Å². The van der Waals surface area contributed by atoms with E-state index in [9.17, 15) is 8.42 Å². The van der Waals surface area contributed by atoms with E-state index in [1.165, 1.54) is 5.56 Å². The quantitative estimate of drug-likeness (QED) is 0.859. The number of rotatable bonds is 6. The van der Waals surface area contributed by atoms with E-state index >= 15 is 0 Å². The molecule has 25 heavy (non-hydrogen) atoms. The van der Waals surface area contributed by atoms with Crippen LogP contribution in [0.2, 0.25) is 0 Å². The number of methoxy groups -OCH3 is 2. The fourth-order valence-corrected chi connectivity index (χ4v) is 4.32. The molecule has 1 unspecified atom stereocenters. The van der Waals surface area contributed by atoms with E-state index < -0.39 is 10.0 Å². The van der Waals surface area contributed by atoms with Gasteiger partial charge in [0.1, 0.15) is 0 Å². The van der Waals surface area contributed by atoms with E-state index in [0.717, 1.165) is 24.0 Å². The van der Waals surface area contributed by atoms with Gasteiger partial charge in [-0.1, -0.05) is 17.7 Å². The molecule has 5 nitrogen and oxygen atoms in total. The van der Waals surface area contributed by atoms with Crippen LogP contribution in [0.5, 0.6) is 11.5 Å². The maximum Gasteiger partial charge on any atom is 0.240 e. The third kappa shape index (κ3) is 3.65. The summed E-state index contributed by atoms with van der Waals surface area (Å²) in [5.74, 6) is 1.52. The molecule has 0 bridgehead atoms. The van der Waals surface area contributed by atoms with Gasteiger partial charge in [0.15, 0.2) is 11.5 Å². The number of fused-ring (bicyclic) bond motifs is 1. The fourth-order valence-electron chi connectivity index (χ4n) is 3.24. The molecule has 2 aromatic carbocycles. The highest BCUT2D eigenvalue weighted by molar-refractivity contribution is 7.89. The van der Waals surface area contributed by atoms with Crippen LogP contribution in [-0.2, 0) is 16.4 Å². The van der Waals surface area contributed by atoms with Gasteiger partial charge in [0.05, 0.1) is 19.1 Å². The van der Waals surface area contributed by atoms with Gasteiger partial charge in [-0.05, 0) is 61.1 Å². The van der Waals surface area contributed by atoms with Crippen molar-refractivity contribution in [3.63, 3.8) is 0 Å². The SMILES string of the molecule is COc1cc2c(cc1OC)C(CNS(=O)(=O)c1ccc(C)cc1)CC2. The first-order valence-electron chi connectivity index (χ1n) is 8.25. The Morgan fingerprint density at radius 1 is 1.08 bits per heavy atom. The Morgan fingerprint density at radius 2 is 1.72 bits per heavy atom. The highest BCUT2D eigenvalue weighted by Gasteiger charge is 2.26. The Morgan fingerprint density at radius 3 is 2.36 bits per heavy atom. The van der Waals surface area contributed by atoms with Crippen molar-refractivity contribution >= 4 is 10.0 Å². The van der Waals surface area contributed by atoms with Gasteiger partial charge in [0.25, 0.3) is 0 Å². The number of aryl methyl sites for hydroxylation is 2. The van der Waals surface area contributed by atoms with Gasteiger partial charge in [-0.2, -0.15) is 0 Å². The van der Waals surface area contributed by atoms with E-state index in [2.05, 4.69) is 4.72 Å². The monoisotopic (exact) mass is 361 g/mol. The second kappa shape index (κ2) is 7.06. The van der Waals surface area contributed by atoms with Gasteiger partial charge in [-0.25, -0.2) is 13.1 Å². The number of sulfonamides is 1. The van der Waals surface area contributed by atoms with Gasteiger partial charge >= 0.3 is 0 Å². The normalized spacial score (nSPS) is 16.5. The zero-order valence-corrected chi connectivity index (χ0v) is 15.5. The summed E-state index contributed by atoms with van der Waals surface area (Å²) in [6.07, 6.45) is 1.81. The van der Waals surface area contributed by atoms with Crippen molar-refractivity contribution < 1.29 is 17.9 Å². The van der Waals surface area contributed by atoms with Crippen molar-refractivity contribution in [2.45, 2.75) is 30.6 Å². The van der Waals surface area contributed by atoms with Crippen LogP contribution in [0.1, 0.15) is 29.0 Å². The fraction of sp³-hybridized carbons (Fsp3) is 0.368. The zero-order chi connectivity index (χ0) is 18.0. The molecule has 1 atom stereocenters. The van der Waals surface area contributed by atoms with Crippen molar-refractivity contribution in [1.29, 1.82) is 0 Å². The standard InChI is InChI=1S/C19H23NO4S/c1-13-4-8-16(9-5-13)25(21,22)20-12-15-7-6-14-10-18(23-2)19(24-3)11-17(14)15/h4-5,8-11,15,20H,6-7,12H2,1-3H3. The molecule has 6 heteroatoms. The van der Waals surface area contributed by atoms with Crippen molar-refractivity contribution in [3.05, 3.63) is 53.1 Å². The third-order valence-corrected chi connectivity index (χ3v) is 6.14. The van der Waals surface area contributed by atoms with Gasteiger partial charge in [0, 0.05) is 6.54 Å². The number of hydrogen-bond donors (Lipinski definition) is 1. The average Bonchev–Trinajstić information content (AvgIpc) is 3.01. The van der Waals surface area contributed by atoms with E-state index in [4.69, 9.17) is 9.47 Å². The molecule has 0 aliphatic heterocycles. The van der Waals surface area contributed by atoms with Crippen LogP contribution in [0.15, 0.2) is 41.3 Å². The minimum Gasteiger partial charge on any atom is -0.493 e. The van der Waals surface area contributed by atoms with Gasteiger partial charge in [0.2, 0.25) is 10.0 Å². The first kappa shape index (κ1) is 17.8. The van der Waals surface area contributed by atoms with E-state index in [-0.39, 0.29) is 5.92 Å². The summed E-state index contributed by atoms with van der Waals surface area (Å²) >= 11 is 0. The molecule has 1 N–H and O–H groups in total. The summed E-state index contributed by atoms with van der Waals surface area (Å²) in [7, 11) is -0.279. The summed E-state index contributed by atoms with van der Waals surface area (Å²) in [5, 5.41) is 0. The molecule has 0 saturated carbocycles. The van der Waals surface area contributed by atoms with Gasteiger partial charge in [-0.15, -0.1) is 0 Å². The molecular weight excluding hydrogens is 338 g/mol. The Bertz CT molecular complexity index is 860. The summed E-state index contributed by atoms with van der Waals surface area (Å²) in [6.45, 7) is 2.31. The molecule has 0 heterocycles. The Hall–Kier alpha value is -2.05. The van der Waals surface area contributed by atoms with E-state index in [1.807, 2.05) is 19.1 Å². The number of ether oxygens (including phenoxy) is 2. The molecule has 1 aliphatic rings. The molecule has 0 aromatic heterocycles. The van der Waals surface area contributed by atoms with Crippen LogP contribution >= 0.6 is 0 Å². The molecule has 3 rings (SSSR count). The predicted octanol–water partition coefficient (Wildman–Crippen LogP) is 3.02. The predicted molar refractivity (Wildman–Crippen MR) is 97.0 cm³/mol. The molecule has 0 saturated heterocycles. The number of nitrogens with one attached hydrogen (secondary N) is 1. The number of benzene rings is 2. The average molecular weight is 361 g/mol. The Balaban J connectivity index is 1.77. The maximum absolute atomic E-state index is 12.5. The minimum atomic E-state index is -3.50. The molecule has 0 spiro atoms. The van der Waals surface area contributed by atoms with Crippen molar-refractivity contribution in [3.8, 4) is 11.5 Å². The van der Waals surface area contributed by atoms with Crippen molar-refractivity contribution in [2.75, 3.05) is 20.8 Å². The van der Waals surface area contributed by atoms with Crippen LogP contribution < -0.4 is 14.2 Å². The van der Waals surface area contributed by atoms with Crippen molar-refractivity contribution in [1.82, 2.24) is 4.72 Å². The largest absolute Gasteiger partial charge is 0.493 e. The first-order valence-corrected chi connectivity index (χ1v) is 9.74. The maximum atomic E-state index is 12.5. The second-order valence-electron chi connectivity index (χ2n) is 6.31. The Kier molecular flexibility index (Phi) is 5.01. The molecule has 1 aliphatic carbocycles. The molecular formula is C19H23NO4S. The molecule has 0 amide bonds. The molecule has 0 fully saturated rings. The molecule has 0 radical (unpaired) electrons. The highest BCUT2D eigenvalue weighted by atomic mass is 32.2. The first-order chi connectivity index (χ1) is 11.9. The molecule has 134 valence electrons. The highest BCUT2D eigenvalue weighted by Crippen LogP contribution is 2.40. The van der Waals surface area contributed by atoms with E-state index in [1.54, 1.807) is 38.5 Å². The zero-order valence-electron chi connectivity index (χ0n) is 14.7. The van der Waals surface area contributed by atoms with E-state index in [0.29, 0.717) is 22.9 Å². The molecule has 2 aromatic rings. The smallest absolute Gasteiger partial charge is 0.240 e.